The van der Waals surface area contributed by atoms with Gasteiger partial charge in [-0.2, -0.15) is 0 Å². The quantitative estimate of drug-likeness (QED) is 0.538. The minimum absolute atomic E-state index is 0.0891. The molecule has 1 aliphatic heterocycles. The lowest BCUT2D eigenvalue weighted by Gasteiger charge is -2.16. The lowest BCUT2D eigenvalue weighted by Crippen LogP contribution is -2.38. The molecule has 52 valence electrons. The van der Waals surface area contributed by atoms with E-state index < -0.39 is 0 Å². The van der Waals surface area contributed by atoms with Gasteiger partial charge in [0, 0.05) is 7.05 Å². The Balaban J connectivity index is 2.65. The molecule has 0 bridgehead atoms. The third-order valence-electron chi connectivity index (χ3n) is 1.05. The molecule has 1 aliphatic rings. The lowest BCUT2D eigenvalue weighted by atomic mass is 10.4. The summed E-state index contributed by atoms with van der Waals surface area (Å²) in [5, 5.41) is 1.88. The molecule has 0 aromatic rings. The van der Waals surface area contributed by atoms with Crippen molar-refractivity contribution in [3.63, 3.8) is 0 Å². The molecule has 1 heterocycles. The second kappa shape index (κ2) is 2.11. The molecule has 0 unspecified atom stereocenters. The van der Waals surface area contributed by atoms with Crippen molar-refractivity contribution in [3.05, 3.63) is 0 Å². The zero-order valence-corrected chi connectivity index (χ0v) is 7.40. The largest absolute Gasteiger partial charge is 0.295 e. The molecule has 2 nitrogen and oxygen atoms in total. The molecule has 0 aliphatic carbocycles. The van der Waals surface area contributed by atoms with Crippen LogP contribution in [-0.4, -0.2) is 21.2 Å². The molecule has 0 aromatic heterocycles. The van der Waals surface area contributed by atoms with E-state index in [1.165, 1.54) is 0 Å². The Morgan fingerprint density at radius 3 is 2.33 bits per heavy atom. The molecular formula is C5H10N2S2. The molecule has 0 spiro atoms. The fraction of sp³-hybridized carbons (Fsp3) is 0.800. The van der Waals surface area contributed by atoms with Crippen LogP contribution in [0.4, 0.5) is 0 Å². The van der Waals surface area contributed by atoms with Crippen LogP contribution in [0.15, 0.2) is 0 Å². The van der Waals surface area contributed by atoms with E-state index >= 15 is 0 Å². The maximum absolute atomic E-state index is 5.02. The second-order valence-corrected chi connectivity index (χ2v) is 4.81. The van der Waals surface area contributed by atoms with Gasteiger partial charge in [-0.05, 0) is 13.8 Å². The molecule has 1 N–H and O–H groups in total. The molecule has 0 atom stereocenters. The number of nitrogens with one attached hydrogen (secondary N) is 1. The van der Waals surface area contributed by atoms with Gasteiger partial charge in [-0.25, -0.2) is 5.43 Å². The Kier molecular flexibility index (Phi) is 1.71. The Labute approximate surface area is 65.0 Å². The highest BCUT2D eigenvalue weighted by atomic mass is 32.2. The Bertz CT molecular complexity index is 144. The smallest absolute Gasteiger partial charge is 0.152 e. The van der Waals surface area contributed by atoms with Gasteiger partial charge in [0.25, 0.3) is 0 Å². The number of nitrogens with zero attached hydrogens (tertiary/aromatic N) is 1. The molecule has 1 saturated heterocycles. The lowest BCUT2D eigenvalue weighted by molar-refractivity contribution is 0.331. The summed E-state index contributed by atoms with van der Waals surface area (Å²) in [6.45, 7) is 4.21. The van der Waals surface area contributed by atoms with E-state index in [1.54, 1.807) is 11.8 Å². The zero-order chi connectivity index (χ0) is 7.07. The van der Waals surface area contributed by atoms with Crippen molar-refractivity contribution in [1.82, 2.24) is 10.4 Å². The third-order valence-corrected chi connectivity index (χ3v) is 2.63. The monoisotopic (exact) mass is 162 g/mol. The summed E-state index contributed by atoms with van der Waals surface area (Å²) in [4.78, 5) is 0.0891. The molecule has 1 fully saturated rings. The third kappa shape index (κ3) is 1.56. The predicted molar refractivity (Wildman–Crippen MR) is 45.2 cm³/mol. The van der Waals surface area contributed by atoms with E-state index in [9.17, 15) is 0 Å². The van der Waals surface area contributed by atoms with Gasteiger partial charge in [0.1, 0.15) is 0 Å². The van der Waals surface area contributed by atoms with E-state index in [1.807, 2.05) is 12.1 Å². The summed E-state index contributed by atoms with van der Waals surface area (Å²) in [6.07, 6.45) is 0. The van der Waals surface area contributed by atoms with Crippen LogP contribution in [0.2, 0.25) is 0 Å². The summed E-state index contributed by atoms with van der Waals surface area (Å²) in [7, 11) is 1.93. The molecule has 0 saturated carbocycles. The van der Waals surface area contributed by atoms with Crippen LogP contribution >= 0.6 is 24.0 Å². The van der Waals surface area contributed by atoms with Crippen LogP contribution in [0.25, 0.3) is 0 Å². The van der Waals surface area contributed by atoms with Crippen molar-refractivity contribution in [2.45, 2.75) is 18.7 Å². The van der Waals surface area contributed by atoms with E-state index in [2.05, 4.69) is 19.3 Å². The molecule has 0 amide bonds. The minimum Gasteiger partial charge on any atom is -0.295 e. The number of hydrogen-bond acceptors (Lipinski definition) is 3. The van der Waals surface area contributed by atoms with Crippen LogP contribution in [0.5, 0.6) is 0 Å². The van der Waals surface area contributed by atoms with Crippen molar-refractivity contribution < 1.29 is 0 Å². The maximum Gasteiger partial charge on any atom is 0.152 e. The van der Waals surface area contributed by atoms with Crippen molar-refractivity contribution in [2.75, 3.05) is 7.05 Å². The van der Waals surface area contributed by atoms with Crippen LogP contribution in [0.3, 0.4) is 0 Å². The van der Waals surface area contributed by atoms with Gasteiger partial charge >= 0.3 is 0 Å². The normalized spacial score (nSPS) is 25.2. The number of hydrogen-bond donors (Lipinski definition) is 1. The van der Waals surface area contributed by atoms with Crippen molar-refractivity contribution >= 4 is 28.3 Å². The summed E-state index contributed by atoms with van der Waals surface area (Å²) in [5.74, 6) is 0. The van der Waals surface area contributed by atoms with Gasteiger partial charge in [0.05, 0.1) is 4.87 Å². The van der Waals surface area contributed by atoms with Crippen molar-refractivity contribution in [3.8, 4) is 0 Å². The second-order valence-electron chi connectivity index (χ2n) is 2.55. The van der Waals surface area contributed by atoms with E-state index in [-0.39, 0.29) is 4.87 Å². The zero-order valence-electron chi connectivity index (χ0n) is 5.76. The van der Waals surface area contributed by atoms with Gasteiger partial charge in [0.2, 0.25) is 0 Å². The highest BCUT2D eigenvalue weighted by Crippen LogP contribution is 2.29. The maximum atomic E-state index is 5.02. The van der Waals surface area contributed by atoms with Crippen molar-refractivity contribution in [2.24, 2.45) is 0 Å². The van der Waals surface area contributed by atoms with Crippen LogP contribution < -0.4 is 5.43 Å². The topological polar surface area (TPSA) is 15.3 Å². The fourth-order valence-electron chi connectivity index (χ4n) is 0.759. The first-order valence-corrected chi connectivity index (χ1v) is 3.98. The average Bonchev–Trinajstić information content (AvgIpc) is 1.79. The van der Waals surface area contributed by atoms with Crippen LogP contribution in [0.1, 0.15) is 13.8 Å². The first-order chi connectivity index (χ1) is 4.01. The molecule has 9 heavy (non-hydrogen) atoms. The van der Waals surface area contributed by atoms with Gasteiger partial charge < -0.3 is 0 Å². The first-order valence-electron chi connectivity index (χ1n) is 2.76. The van der Waals surface area contributed by atoms with Gasteiger partial charge in [-0.3, -0.25) is 5.01 Å². The predicted octanol–water partition coefficient (Wildman–Crippen LogP) is 1.19. The summed E-state index contributed by atoms with van der Waals surface area (Å²) < 4.78 is 0.917. The highest BCUT2D eigenvalue weighted by Gasteiger charge is 2.30. The molecule has 4 heteroatoms. The SMILES string of the molecule is CN1NC(C)(C)SC1=S. The number of thioether (sulfide) groups is 1. The minimum atomic E-state index is 0.0891. The Morgan fingerprint density at radius 1 is 1.67 bits per heavy atom. The van der Waals surface area contributed by atoms with Crippen molar-refractivity contribution in [1.29, 1.82) is 0 Å². The standard InChI is InChI=1S/C5H10N2S2/c1-5(2)6-7(3)4(8)9-5/h6H,1-3H3. The van der Waals surface area contributed by atoms with E-state index in [4.69, 9.17) is 12.2 Å². The summed E-state index contributed by atoms with van der Waals surface area (Å²) in [6, 6.07) is 0. The molecule has 1 rings (SSSR count). The summed E-state index contributed by atoms with van der Waals surface area (Å²) in [5.41, 5.74) is 3.20. The van der Waals surface area contributed by atoms with Gasteiger partial charge in [0.15, 0.2) is 4.32 Å². The highest BCUT2D eigenvalue weighted by molar-refractivity contribution is 8.24. The Morgan fingerprint density at radius 2 is 2.22 bits per heavy atom. The molecule has 0 aromatic carbocycles. The number of rotatable bonds is 0. The number of thiocarbonyl (C=S) groups is 1. The Hall–Kier alpha value is 0.200. The molecule has 0 radical (unpaired) electrons. The first kappa shape index (κ1) is 7.31. The van der Waals surface area contributed by atoms with E-state index in [0.29, 0.717) is 0 Å². The van der Waals surface area contributed by atoms with Crippen LogP contribution in [-0.2, 0) is 0 Å². The van der Waals surface area contributed by atoms with Crippen LogP contribution in [0, 0.1) is 0 Å². The average molecular weight is 162 g/mol. The fourth-order valence-corrected chi connectivity index (χ4v) is 2.23. The van der Waals surface area contributed by atoms with Gasteiger partial charge in [-0.1, -0.05) is 24.0 Å². The molecular weight excluding hydrogens is 152 g/mol. The number of hydrazine groups is 1. The summed E-state index contributed by atoms with van der Waals surface area (Å²) >= 11 is 6.69. The van der Waals surface area contributed by atoms with E-state index in [0.717, 1.165) is 4.32 Å². The van der Waals surface area contributed by atoms with Gasteiger partial charge in [-0.15, -0.1) is 0 Å².